The van der Waals surface area contributed by atoms with Crippen molar-refractivity contribution in [1.29, 1.82) is 0 Å². The van der Waals surface area contributed by atoms with E-state index in [1.807, 2.05) is 6.07 Å². The molecule has 7 nitrogen and oxygen atoms in total. The molecule has 1 aromatic heterocycles. The van der Waals surface area contributed by atoms with Gasteiger partial charge in [0.1, 0.15) is 0 Å². The molecule has 0 spiro atoms. The van der Waals surface area contributed by atoms with Crippen molar-refractivity contribution in [3.63, 3.8) is 0 Å². The lowest BCUT2D eigenvalue weighted by atomic mass is 9.96. The summed E-state index contributed by atoms with van der Waals surface area (Å²) in [4.78, 5) is 37.6. The van der Waals surface area contributed by atoms with Gasteiger partial charge in [0, 0.05) is 20.1 Å². The summed E-state index contributed by atoms with van der Waals surface area (Å²) < 4.78 is 11.6. The molecule has 7 heteroatoms. The largest absolute Gasteiger partial charge is 0.466 e. The maximum Gasteiger partial charge on any atom is 0.419 e. The van der Waals surface area contributed by atoms with Gasteiger partial charge in [0.15, 0.2) is 5.58 Å². The number of aromatic nitrogens is 1. The summed E-state index contributed by atoms with van der Waals surface area (Å²) in [7, 11) is 1.64. The molecule has 0 radical (unpaired) electrons. The predicted octanol–water partition coefficient (Wildman–Crippen LogP) is 1.48. The van der Waals surface area contributed by atoms with Crippen molar-refractivity contribution >= 4 is 23.0 Å². The number of hydrogen-bond acceptors (Lipinski definition) is 5. The van der Waals surface area contributed by atoms with Crippen LogP contribution in [-0.2, 0) is 27.8 Å². The highest BCUT2D eigenvalue weighted by Gasteiger charge is 2.28. The Morgan fingerprint density at radius 2 is 2.00 bits per heavy atom. The monoisotopic (exact) mass is 346 g/mol. The van der Waals surface area contributed by atoms with Gasteiger partial charge in [0.05, 0.1) is 24.5 Å². The minimum atomic E-state index is -0.417. The van der Waals surface area contributed by atoms with E-state index in [1.54, 1.807) is 31.0 Å². The number of ether oxygens (including phenoxy) is 1. The molecule has 1 aromatic carbocycles. The Kier molecular flexibility index (Phi) is 4.92. The highest BCUT2D eigenvalue weighted by Crippen LogP contribution is 2.20. The molecule has 25 heavy (non-hydrogen) atoms. The number of fused-ring (bicyclic) bond motifs is 1. The normalized spacial score (nSPS) is 15.5. The van der Waals surface area contributed by atoms with E-state index in [1.165, 1.54) is 4.57 Å². The summed E-state index contributed by atoms with van der Waals surface area (Å²) >= 11 is 0. The van der Waals surface area contributed by atoms with Crippen LogP contribution in [0.4, 0.5) is 0 Å². The number of aryl methyl sites for hydroxylation is 1. The lowest BCUT2D eigenvalue weighted by molar-refractivity contribution is -0.151. The van der Waals surface area contributed by atoms with Crippen molar-refractivity contribution in [2.45, 2.75) is 26.2 Å². The van der Waals surface area contributed by atoms with Gasteiger partial charge in [-0.1, -0.05) is 6.07 Å². The van der Waals surface area contributed by atoms with Crippen molar-refractivity contribution in [2.75, 3.05) is 19.7 Å². The van der Waals surface area contributed by atoms with Crippen molar-refractivity contribution in [3.05, 3.63) is 34.3 Å². The summed E-state index contributed by atoms with van der Waals surface area (Å²) in [6.07, 6.45) is 1.54. The number of nitrogens with zero attached hydrogens (tertiary/aromatic N) is 2. The molecule has 1 amide bonds. The lowest BCUT2D eigenvalue weighted by Gasteiger charge is -2.31. The molecule has 1 aliphatic heterocycles. The molecule has 0 atom stereocenters. The standard InChI is InChI=1S/C18H22N2O5/c1-3-24-17(22)13-6-8-20(9-7-13)16(21)11-12-4-5-15-14(10-12)19(2)18(23)25-15/h4-5,10,13H,3,6-9,11H2,1-2H3. The summed E-state index contributed by atoms with van der Waals surface area (Å²) in [5, 5.41) is 0. The van der Waals surface area contributed by atoms with Gasteiger partial charge < -0.3 is 14.1 Å². The third kappa shape index (κ3) is 3.60. The van der Waals surface area contributed by atoms with Gasteiger partial charge >= 0.3 is 11.7 Å². The van der Waals surface area contributed by atoms with Gasteiger partial charge in [-0.2, -0.15) is 0 Å². The van der Waals surface area contributed by atoms with E-state index in [9.17, 15) is 14.4 Å². The smallest absolute Gasteiger partial charge is 0.419 e. The number of carbonyl (C=O) groups is 2. The Morgan fingerprint density at radius 1 is 1.28 bits per heavy atom. The molecule has 1 fully saturated rings. The predicted molar refractivity (Wildman–Crippen MR) is 91.1 cm³/mol. The molecule has 3 rings (SSSR count). The molecule has 1 saturated heterocycles. The minimum absolute atomic E-state index is 0.0233. The van der Waals surface area contributed by atoms with Crippen LogP contribution >= 0.6 is 0 Å². The number of hydrogen-bond donors (Lipinski definition) is 0. The fourth-order valence-electron chi connectivity index (χ4n) is 3.19. The van der Waals surface area contributed by atoms with E-state index in [0.717, 1.165) is 5.56 Å². The highest BCUT2D eigenvalue weighted by molar-refractivity contribution is 5.81. The van der Waals surface area contributed by atoms with Gasteiger partial charge in [-0.3, -0.25) is 14.2 Å². The Labute approximate surface area is 145 Å². The van der Waals surface area contributed by atoms with Gasteiger partial charge in [0.25, 0.3) is 0 Å². The summed E-state index contributed by atoms with van der Waals surface area (Å²) in [6.45, 7) is 3.31. The average molecular weight is 346 g/mol. The summed E-state index contributed by atoms with van der Waals surface area (Å²) in [6, 6.07) is 5.32. The van der Waals surface area contributed by atoms with Crippen molar-refractivity contribution in [3.8, 4) is 0 Å². The van der Waals surface area contributed by atoms with Crippen LogP contribution in [-0.4, -0.2) is 41.0 Å². The van der Waals surface area contributed by atoms with Crippen LogP contribution in [0.5, 0.6) is 0 Å². The number of esters is 1. The maximum atomic E-state index is 12.5. The second-order valence-corrected chi connectivity index (χ2v) is 6.31. The van der Waals surface area contributed by atoms with E-state index in [0.29, 0.717) is 43.6 Å². The zero-order valence-electron chi connectivity index (χ0n) is 14.5. The molecule has 0 unspecified atom stereocenters. The number of benzene rings is 1. The van der Waals surface area contributed by atoms with Gasteiger partial charge in [-0.05, 0) is 37.5 Å². The first kappa shape index (κ1) is 17.3. The summed E-state index contributed by atoms with van der Waals surface area (Å²) in [5.74, 6) is -0.670. The zero-order chi connectivity index (χ0) is 18.0. The highest BCUT2D eigenvalue weighted by atomic mass is 16.5. The average Bonchev–Trinajstić information content (AvgIpc) is 2.89. The molecule has 134 valence electrons. The quantitative estimate of drug-likeness (QED) is 0.783. The maximum absolute atomic E-state index is 12.5. The third-order valence-corrected chi connectivity index (χ3v) is 4.68. The number of rotatable bonds is 4. The summed E-state index contributed by atoms with van der Waals surface area (Å²) in [5.41, 5.74) is 2.02. The number of amides is 1. The molecule has 0 saturated carbocycles. The fraction of sp³-hybridized carbons (Fsp3) is 0.500. The Bertz CT molecular complexity index is 843. The first-order chi connectivity index (χ1) is 12.0. The second-order valence-electron chi connectivity index (χ2n) is 6.31. The van der Waals surface area contributed by atoms with Crippen LogP contribution < -0.4 is 5.76 Å². The van der Waals surface area contributed by atoms with E-state index >= 15 is 0 Å². The zero-order valence-corrected chi connectivity index (χ0v) is 14.5. The van der Waals surface area contributed by atoms with Crippen molar-refractivity contribution in [2.24, 2.45) is 13.0 Å². The van der Waals surface area contributed by atoms with Gasteiger partial charge in [-0.15, -0.1) is 0 Å². The molecule has 0 N–H and O–H groups in total. The topological polar surface area (TPSA) is 81.8 Å². The van der Waals surface area contributed by atoms with Crippen LogP contribution in [0.3, 0.4) is 0 Å². The van der Waals surface area contributed by atoms with Gasteiger partial charge in [0.2, 0.25) is 5.91 Å². The van der Waals surface area contributed by atoms with E-state index in [2.05, 4.69) is 0 Å². The third-order valence-electron chi connectivity index (χ3n) is 4.68. The van der Waals surface area contributed by atoms with Crippen molar-refractivity contribution in [1.82, 2.24) is 9.47 Å². The number of oxazole rings is 1. The molecule has 1 aliphatic rings. The molecular weight excluding hydrogens is 324 g/mol. The molecule has 2 aromatic rings. The van der Waals surface area contributed by atoms with E-state index in [-0.39, 0.29) is 24.2 Å². The van der Waals surface area contributed by atoms with Crippen LogP contribution in [0.1, 0.15) is 25.3 Å². The fourth-order valence-corrected chi connectivity index (χ4v) is 3.19. The van der Waals surface area contributed by atoms with Crippen LogP contribution in [0.25, 0.3) is 11.1 Å². The second kappa shape index (κ2) is 7.13. The van der Waals surface area contributed by atoms with Crippen LogP contribution in [0.15, 0.2) is 27.4 Å². The van der Waals surface area contributed by atoms with Crippen molar-refractivity contribution < 1.29 is 18.7 Å². The number of carbonyl (C=O) groups excluding carboxylic acids is 2. The van der Waals surface area contributed by atoms with Crippen LogP contribution in [0, 0.1) is 5.92 Å². The van der Waals surface area contributed by atoms with Gasteiger partial charge in [-0.25, -0.2) is 4.79 Å². The molecule has 0 bridgehead atoms. The Balaban J connectivity index is 1.62. The lowest BCUT2D eigenvalue weighted by Crippen LogP contribution is -2.41. The molecule has 0 aliphatic carbocycles. The first-order valence-corrected chi connectivity index (χ1v) is 8.52. The van der Waals surface area contributed by atoms with Crippen LogP contribution in [0.2, 0.25) is 0 Å². The molecular formula is C18H22N2O5. The molecule has 2 heterocycles. The number of likely N-dealkylation sites (tertiary alicyclic amines) is 1. The first-order valence-electron chi connectivity index (χ1n) is 8.52. The van der Waals surface area contributed by atoms with E-state index < -0.39 is 5.76 Å². The Hall–Kier alpha value is -2.57. The minimum Gasteiger partial charge on any atom is -0.466 e. The number of piperidine rings is 1. The van der Waals surface area contributed by atoms with E-state index in [4.69, 9.17) is 9.15 Å². The SMILES string of the molecule is CCOC(=O)C1CCN(C(=O)Cc2ccc3oc(=O)n(C)c3c2)CC1. The Morgan fingerprint density at radius 3 is 2.68 bits per heavy atom.